The van der Waals surface area contributed by atoms with E-state index < -0.39 is 0 Å². The van der Waals surface area contributed by atoms with E-state index in [1.54, 1.807) is 0 Å². The molecule has 0 spiro atoms. The Morgan fingerprint density at radius 1 is 1.43 bits per heavy atom. The lowest BCUT2D eigenvalue weighted by Gasteiger charge is -2.35. The molecule has 0 amide bonds. The zero-order valence-corrected chi connectivity index (χ0v) is 13.7. The molecule has 3 heterocycles. The summed E-state index contributed by atoms with van der Waals surface area (Å²) in [5.41, 5.74) is 3.43. The van der Waals surface area contributed by atoms with Crippen LogP contribution in [0.4, 0.5) is 5.82 Å². The second-order valence-electron chi connectivity index (χ2n) is 5.99. The average Bonchev–Trinajstić information content (AvgIpc) is 2.96. The normalized spacial score (nSPS) is 18.1. The molecule has 3 rings (SSSR count). The van der Waals surface area contributed by atoms with Crippen LogP contribution in [0.5, 0.6) is 0 Å². The lowest BCUT2D eigenvalue weighted by Crippen LogP contribution is -2.34. The van der Waals surface area contributed by atoms with E-state index in [9.17, 15) is 5.11 Å². The highest BCUT2D eigenvalue weighted by Gasteiger charge is 2.26. The fourth-order valence-corrected chi connectivity index (χ4v) is 3.91. The highest BCUT2D eigenvalue weighted by Crippen LogP contribution is 2.36. The molecule has 2 aromatic heterocycles. The molecule has 0 aromatic carbocycles. The van der Waals surface area contributed by atoms with Crippen LogP contribution < -0.4 is 4.90 Å². The maximum Gasteiger partial charge on any atom is 0.129 e. The van der Waals surface area contributed by atoms with E-state index in [0.29, 0.717) is 12.0 Å². The van der Waals surface area contributed by atoms with Crippen molar-refractivity contribution in [2.45, 2.75) is 45.8 Å². The molecule has 4 heteroatoms. The third kappa shape index (κ3) is 2.70. The number of anilines is 1. The van der Waals surface area contributed by atoms with Crippen LogP contribution in [0.2, 0.25) is 0 Å². The minimum atomic E-state index is 0.0706. The predicted octanol–water partition coefficient (Wildman–Crippen LogP) is 3.88. The monoisotopic (exact) mass is 302 g/mol. The Bertz CT molecular complexity index is 635. The van der Waals surface area contributed by atoms with Crippen LogP contribution in [0.3, 0.4) is 0 Å². The molecule has 2 aromatic rings. The summed E-state index contributed by atoms with van der Waals surface area (Å²) in [6.45, 7) is 7.59. The summed E-state index contributed by atoms with van der Waals surface area (Å²) in [4.78, 5) is 8.69. The maximum atomic E-state index is 9.51. The molecule has 0 fully saturated rings. The van der Waals surface area contributed by atoms with Gasteiger partial charge in [-0.1, -0.05) is 13.8 Å². The highest BCUT2D eigenvalue weighted by molar-refractivity contribution is 7.10. The molecule has 21 heavy (non-hydrogen) atoms. The second kappa shape index (κ2) is 5.78. The van der Waals surface area contributed by atoms with Gasteiger partial charge in [0.2, 0.25) is 0 Å². The summed E-state index contributed by atoms with van der Waals surface area (Å²) < 4.78 is 0. The van der Waals surface area contributed by atoms with Gasteiger partial charge in [0, 0.05) is 17.1 Å². The summed E-state index contributed by atoms with van der Waals surface area (Å²) in [5, 5.41) is 11.7. The van der Waals surface area contributed by atoms with E-state index in [4.69, 9.17) is 4.98 Å². The Labute approximate surface area is 130 Å². The Kier molecular flexibility index (Phi) is 4.00. The van der Waals surface area contributed by atoms with Crippen molar-refractivity contribution in [1.29, 1.82) is 0 Å². The quantitative estimate of drug-likeness (QED) is 0.934. The lowest BCUT2D eigenvalue weighted by molar-refractivity contribution is 0.281. The van der Waals surface area contributed by atoms with Crippen molar-refractivity contribution in [3.63, 3.8) is 0 Å². The highest BCUT2D eigenvalue weighted by atomic mass is 32.1. The van der Waals surface area contributed by atoms with Crippen LogP contribution in [-0.2, 0) is 13.0 Å². The van der Waals surface area contributed by atoms with Crippen LogP contribution in [0, 0.1) is 0 Å². The topological polar surface area (TPSA) is 36.4 Å². The molecule has 1 atom stereocenters. The van der Waals surface area contributed by atoms with Gasteiger partial charge < -0.3 is 10.0 Å². The first-order valence-electron chi connectivity index (χ1n) is 7.54. The molecular formula is C17H22N2OS. The van der Waals surface area contributed by atoms with Gasteiger partial charge in [-0.15, -0.1) is 11.3 Å². The number of hydrogen-bond donors (Lipinski definition) is 1. The summed E-state index contributed by atoms with van der Waals surface area (Å²) in [7, 11) is 0. The molecule has 1 N–H and O–H groups in total. The van der Waals surface area contributed by atoms with Gasteiger partial charge in [0.1, 0.15) is 5.82 Å². The summed E-state index contributed by atoms with van der Waals surface area (Å²) in [6.07, 6.45) is 1.08. The molecular weight excluding hydrogens is 280 g/mol. The number of fused-ring (bicyclic) bond motifs is 1. The summed E-state index contributed by atoms with van der Waals surface area (Å²) in [5.74, 6) is 1.36. The number of pyridine rings is 1. The molecule has 112 valence electrons. The van der Waals surface area contributed by atoms with Crippen LogP contribution in [-0.4, -0.2) is 16.6 Å². The van der Waals surface area contributed by atoms with Gasteiger partial charge in [0.05, 0.1) is 12.6 Å². The number of thiophene rings is 1. The summed E-state index contributed by atoms with van der Waals surface area (Å²) in [6, 6.07) is 6.62. The fourth-order valence-electron chi connectivity index (χ4n) is 2.95. The van der Waals surface area contributed by atoms with Crippen molar-refractivity contribution in [1.82, 2.24) is 4.98 Å². The van der Waals surface area contributed by atoms with Crippen LogP contribution in [0.1, 0.15) is 54.4 Å². The van der Waals surface area contributed by atoms with Crippen LogP contribution in [0.15, 0.2) is 23.6 Å². The number of aliphatic hydroxyl groups excluding tert-OH is 1. The number of nitrogens with zero attached hydrogens (tertiary/aromatic N) is 2. The first kappa shape index (κ1) is 14.5. The predicted molar refractivity (Wildman–Crippen MR) is 88.0 cm³/mol. The van der Waals surface area contributed by atoms with E-state index >= 15 is 0 Å². The molecule has 1 aliphatic rings. The fraction of sp³-hybridized carbons (Fsp3) is 0.471. The number of hydrogen-bond acceptors (Lipinski definition) is 4. The average molecular weight is 302 g/mol. The standard InChI is InChI=1S/C17H22N2OS/c1-11(2)15-8-13(10-20)9-17(18-15)19-6-4-16-14(12(19)3)5-7-21-16/h5,7-9,11-12,20H,4,6,10H2,1-3H3. The van der Waals surface area contributed by atoms with E-state index in [1.807, 2.05) is 23.5 Å². The van der Waals surface area contributed by atoms with Gasteiger partial charge in [0.15, 0.2) is 0 Å². The van der Waals surface area contributed by atoms with Gasteiger partial charge in [-0.3, -0.25) is 0 Å². The van der Waals surface area contributed by atoms with Gasteiger partial charge >= 0.3 is 0 Å². The van der Waals surface area contributed by atoms with Gasteiger partial charge in [-0.05, 0) is 54.0 Å². The number of aromatic nitrogens is 1. The largest absolute Gasteiger partial charge is 0.392 e. The first-order valence-corrected chi connectivity index (χ1v) is 8.42. The van der Waals surface area contributed by atoms with Crippen LogP contribution >= 0.6 is 11.3 Å². The SMILES string of the molecule is CC(C)c1cc(CO)cc(N2CCc3sccc3C2C)n1. The molecule has 0 aliphatic carbocycles. The minimum Gasteiger partial charge on any atom is -0.392 e. The first-order chi connectivity index (χ1) is 10.1. The molecule has 1 aliphatic heterocycles. The lowest BCUT2D eigenvalue weighted by atomic mass is 10.0. The van der Waals surface area contributed by atoms with E-state index in [-0.39, 0.29) is 6.61 Å². The molecule has 3 nitrogen and oxygen atoms in total. The third-order valence-corrected chi connectivity index (χ3v) is 5.23. The van der Waals surface area contributed by atoms with Crippen molar-refractivity contribution in [2.75, 3.05) is 11.4 Å². The van der Waals surface area contributed by atoms with Crippen LogP contribution in [0.25, 0.3) is 0 Å². The van der Waals surface area contributed by atoms with E-state index in [2.05, 4.69) is 37.1 Å². The Morgan fingerprint density at radius 3 is 2.95 bits per heavy atom. The maximum absolute atomic E-state index is 9.51. The van der Waals surface area contributed by atoms with Crippen molar-refractivity contribution >= 4 is 17.2 Å². The van der Waals surface area contributed by atoms with Crippen molar-refractivity contribution in [3.05, 3.63) is 45.3 Å². The minimum absolute atomic E-state index is 0.0706. The molecule has 0 radical (unpaired) electrons. The zero-order chi connectivity index (χ0) is 15.0. The molecule has 0 saturated carbocycles. The Morgan fingerprint density at radius 2 is 2.24 bits per heavy atom. The van der Waals surface area contributed by atoms with Gasteiger partial charge in [-0.25, -0.2) is 4.98 Å². The Balaban J connectivity index is 1.99. The molecule has 0 bridgehead atoms. The second-order valence-corrected chi connectivity index (χ2v) is 6.99. The van der Waals surface area contributed by atoms with E-state index in [1.165, 1.54) is 10.4 Å². The Hall–Kier alpha value is -1.39. The molecule has 0 saturated heterocycles. The van der Waals surface area contributed by atoms with Gasteiger partial charge in [0.25, 0.3) is 0 Å². The number of aliphatic hydroxyl groups is 1. The third-order valence-electron chi connectivity index (χ3n) is 4.24. The smallest absolute Gasteiger partial charge is 0.129 e. The molecule has 1 unspecified atom stereocenters. The zero-order valence-electron chi connectivity index (χ0n) is 12.8. The summed E-state index contributed by atoms with van der Waals surface area (Å²) >= 11 is 1.85. The van der Waals surface area contributed by atoms with Crippen molar-refractivity contribution < 1.29 is 5.11 Å². The number of rotatable bonds is 3. The van der Waals surface area contributed by atoms with Gasteiger partial charge in [-0.2, -0.15) is 0 Å². The van der Waals surface area contributed by atoms with Crippen molar-refractivity contribution in [3.8, 4) is 0 Å². The van der Waals surface area contributed by atoms with Crippen molar-refractivity contribution in [2.24, 2.45) is 0 Å². The van der Waals surface area contributed by atoms with E-state index in [0.717, 1.165) is 30.0 Å².